The molecule has 0 bridgehead atoms. The van der Waals surface area contributed by atoms with E-state index in [1.165, 1.54) is 14.0 Å². The second kappa shape index (κ2) is 8.50. The summed E-state index contributed by atoms with van der Waals surface area (Å²) in [4.78, 5) is 11.5. The number of sulfonamides is 1. The van der Waals surface area contributed by atoms with E-state index in [1.807, 2.05) is 13.8 Å². The van der Waals surface area contributed by atoms with Crippen molar-refractivity contribution in [2.24, 2.45) is 5.92 Å². The SMILES string of the molecule is CCNC(=O)[C@H](C)NS(=O)(=O)C[C@@H](CC(C)C)OC. The zero-order chi connectivity index (χ0) is 15.1. The molecule has 2 atom stereocenters. The van der Waals surface area contributed by atoms with Crippen LogP contribution in [0.1, 0.15) is 34.1 Å². The molecule has 0 saturated carbocycles. The minimum Gasteiger partial charge on any atom is -0.380 e. The first-order valence-electron chi connectivity index (χ1n) is 6.52. The Balaban J connectivity index is 4.49. The van der Waals surface area contributed by atoms with Crippen molar-refractivity contribution in [2.75, 3.05) is 19.4 Å². The number of carbonyl (C=O) groups excluding carboxylic acids is 1. The van der Waals surface area contributed by atoms with Crippen LogP contribution < -0.4 is 10.0 Å². The highest BCUT2D eigenvalue weighted by molar-refractivity contribution is 7.89. The molecule has 0 aliphatic rings. The van der Waals surface area contributed by atoms with Gasteiger partial charge in [-0.3, -0.25) is 4.79 Å². The van der Waals surface area contributed by atoms with Crippen molar-refractivity contribution in [3.05, 3.63) is 0 Å². The van der Waals surface area contributed by atoms with Crippen molar-refractivity contribution in [3.8, 4) is 0 Å². The van der Waals surface area contributed by atoms with Gasteiger partial charge in [0.25, 0.3) is 0 Å². The molecular formula is C12H26N2O4S. The Morgan fingerprint density at radius 2 is 1.84 bits per heavy atom. The molecule has 1 amide bonds. The molecule has 0 fully saturated rings. The maximum atomic E-state index is 11.9. The zero-order valence-electron chi connectivity index (χ0n) is 12.4. The van der Waals surface area contributed by atoms with Gasteiger partial charge in [-0.15, -0.1) is 0 Å². The summed E-state index contributed by atoms with van der Waals surface area (Å²) < 4.78 is 31.4. The van der Waals surface area contributed by atoms with E-state index in [0.29, 0.717) is 18.9 Å². The molecule has 0 aromatic heterocycles. The van der Waals surface area contributed by atoms with Crippen molar-refractivity contribution in [1.82, 2.24) is 10.0 Å². The number of hydrogen-bond donors (Lipinski definition) is 2. The Kier molecular flexibility index (Phi) is 8.20. The van der Waals surface area contributed by atoms with Crippen LogP contribution in [0.25, 0.3) is 0 Å². The molecule has 0 aliphatic heterocycles. The van der Waals surface area contributed by atoms with Gasteiger partial charge in [0.15, 0.2) is 0 Å². The minimum atomic E-state index is -3.54. The molecule has 0 aromatic carbocycles. The molecule has 0 radical (unpaired) electrons. The average molecular weight is 294 g/mol. The Labute approximate surface area is 116 Å². The number of rotatable bonds is 9. The molecule has 0 heterocycles. The van der Waals surface area contributed by atoms with E-state index < -0.39 is 16.1 Å². The highest BCUT2D eigenvalue weighted by atomic mass is 32.2. The van der Waals surface area contributed by atoms with Gasteiger partial charge in [0, 0.05) is 13.7 Å². The number of ether oxygens (including phenoxy) is 1. The first-order valence-corrected chi connectivity index (χ1v) is 8.17. The molecule has 2 N–H and O–H groups in total. The van der Waals surface area contributed by atoms with Crippen LogP contribution in [0.2, 0.25) is 0 Å². The Morgan fingerprint density at radius 1 is 1.26 bits per heavy atom. The average Bonchev–Trinajstić information content (AvgIpc) is 2.26. The predicted octanol–water partition coefficient (Wildman–Crippen LogP) is 0.492. The van der Waals surface area contributed by atoms with Crippen LogP contribution in [0.3, 0.4) is 0 Å². The summed E-state index contributed by atoms with van der Waals surface area (Å²) in [5, 5.41) is 2.57. The monoisotopic (exact) mass is 294 g/mol. The van der Waals surface area contributed by atoms with E-state index in [9.17, 15) is 13.2 Å². The van der Waals surface area contributed by atoms with E-state index in [1.54, 1.807) is 6.92 Å². The third-order valence-electron chi connectivity index (χ3n) is 2.57. The zero-order valence-corrected chi connectivity index (χ0v) is 13.2. The van der Waals surface area contributed by atoms with Crippen LogP contribution >= 0.6 is 0 Å². The third kappa shape index (κ3) is 8.18. The topological polar surface area (TPSA) is 84.5 Å². The lowest BCUT2D eigenvalue weighted by molar-refractivity contribution is -0.122. The van der Waals surface area contributed by atoms with Crippen molar-refractivity contribution in [2.45, 2.75) is 46.3 Å². The number of nitrogens with one attached hydrogen (secondary N) is 2. The maximum Gasteiger partial charge on any atom is 0.237 e. The van der Waals surface area contributed by atoms with E-state index in [4.69, 9.17) is 4.74 Å². The van der Waals surface area contributed by atoms with Crippen LogP contribution in [-0.4, -0.2) is 45.9 Å². The summed E-state index contributed by atoms with van der Waals surface area (Å²) in [6.07, 6.45) is 0.298. The standard InChI is InChI=1S/C12H26N2O4S/c1-6-13-12(15)10(4)14-19(16,17)8-11(18-5)7-9(2)3/h9-11,14H,6-8H2,1-5H3,(H,13,15)/t10-,11+/m0/s1. The van der Waals surface area contributed by atoms with Gasteiger partial charge >= 0.3 is 0 Å². The van der Waals surface area contributed by atoms with Gasteiger partial charge in [0.1, 0.15) is 0 Å². The lowest BCUT2D eigenvalue weighted by Crippen LogP contribution is -2.46. The number of carbonyl (C=O) groups is 1. The van der Waals surface area contributed by atoms with Gasteiger partial charge in [-0.1, -0.05) is 13.8 Å². The van der Waals surface area contributed by atoms with Crippen LogP contribution in [0.4, 0.5) is 0 Å². The molecule has 0 rings (SSSR count). The van der Waals surface area contributed by atoms with E-state index >= 15 is 0 Å². The molecule has 0 aliphatic carbocycles. The van der Waals surface area contributed by atoms with Crippen LogP contribution in [0.5, 0.6) is 0 Å². The molecule has 0 spiro atoms. The molecule has 114 valence electrons. The van der Waals surface area contributed by atoms with Crippen molar-refractivity contribution in [3.63, 3.8) is 0 Å². The normalized spacial score (nSPS) is 15.3. The number of likely N-dealkylation sites (N-methyl/N-ethyl adjacent to an activating group) is 1. The number of hydrogen-bond acceptors (Lipinski definition) is 4. The molecule has 19 heavy (non-hydrogen) atoms. The fourth-order valence-electron chi connectivity index (χ4n) is 1.70. The number of amides is 1. The summed E-state index contributed by atoms with van der Waals surface area (Å²) in [7, 11) is -2.04. The van der Waals surface area contributed by atoms with E-state index in [0.717, 1.165) is 0 Å². The lowest BCUT2D eigenvalue weighted by Gasteiger charge is -2.19. The molecular weight excluding hydrogens is 268 g/mol. The molecule has 0 aromatic rings. The minimum absolute atomic E-state index is 0.134. The third-order valence-corrected chi connectivity index (χ3v) is 4.10. The fraction of sp³-hybridized carbons (Fsp3) is 0.917. The Hall–Kier alpha value is -0.660. The largest absolute Gasteiger partial charge is 0.380 e. The Morgan fingerprint density at radius 3 is 2.26 bits per heavy atom. The highest BCUT2D eigenvalue weighted by Gasteiger charge is 2.24. The van der Waals surface area contributed by atoms with Crippen LogP contribution in [0, 0.1) is 5.92 Å². The van der Waals surface area contributed by atoms with Crippen molar-refractivity contribution in [1.29, 1.82) is 0 Å². The predicted molar refractivity (Wildman–Crippen MR) is 75.3 cm³/mol. The van der Waals surface area contributed by atoms with Gasteiger partial charge in [-0.2, -0.15) is 0 Å². The van der Waals surface area contributed by atoms with Crippen LogP contribution in [-0.2, 0) is 19.6 Å². The molecule has 7 heteroatoms. The van der Waals surface area contributed by atoms with Gasteiger partial charge in [-0.25, -0.2) is 13.1 Å². The van der Waals surface area contributed by atoms with Gasteiger partial charge in [-0.05, 0) is 26.2 Å². The van der Waals surface area contributed by atoms with Gasteiger partial charge in [0.05, 0.1) is 17.9 Å². The summed E-state index contributed by atoms with van der Waals surface area (Å²) >= 11 is 0. The summed E-state index contributed by atoms with van der Waals surface area (Å²) in [6, 6.07) is -0.776. The smallest absolute Gasteiger partial charge is 0.237 e. The second-order valence-corrected chi connectivity index (χ2v) is 6.80. The van der Waals surface area contributed by atoms with Gasteiger partial charge < -0.3 is 10.1 Å². The molecule has 0 unspecified atom stereocenters. The summed E-state index contributed by atoms with van der Waals surface area (Å²) in [5.74, 6) is -0.115. The maximum absolute atomic E-state index is 11.9. The quantitative estimate of drug-likeness (QED) is 0.648. The number of methoxy groups -OCH3 is 1. The van der Waals surface area contributed by atoms with Crippen LogP contribution in [0.15, 0.2) is 0 Å². The van der Waals surface area contributed by atoms with Crippen molar-refractivity contribution >= 4 is 15.9 Å². The fourth-order valence-corrected chi connectivity index (χ4v) is 3.20. The first kappa shape index (κ1) is 18.3. The highest BCUT2D eigenvalue weighted by Crippen LogP contribution is 2.09. The summed E-state index contributed by atoms with van der Waals surface area (Å²) in [6.45, 7) is 7.78. The van der Waals surface area contributed by atoms with Gasteiger partial charge in [0.2, 0.25) is 15.9 Å². The first-order chi connectivity index (χ1) is 8.71. The molecule has 6 nitrogen and oxygen atoms in total. The van der Waals surface area contributed by atoms with E-state index in [-0.39, 0.29) is 17.8 Å². The second-order valence-electron chi connectivity index (χ2n) is 5.00. The van der Waals surface area contributed by atoms with E-state index in [2.05, 4.69) is 10.0 Å². The lowest BCUT2D eigenvalue weighted by atomic mass is 10.1. The van der Waals surface area contributed by atoms with Crippen molar-refractivity contribution < 1.29 is 17.9 Å². The Bertz CT molecular complexity index is 368. The summed E-state index contributed by atoms with van der Waals surface area (Å²) in [5.41, 5.74) is 0. The molecule has 0 saturated heterocycles.